The van der Waals surface area contributed by atoms with E-state index in [9.17, 15) is 4.79 Å². The SMILES string of the molecule is O=C(CCCc1cccs1)OCc1cc(Cl)c2c(c1)OCO2. The molecule has 0 unspecified atom stereocenters. The highest BCUT2D eigenvalue weighted by Crippen LogP contribution is 2.39. The molecule has 0 amide bonds. The average molecular weight is 339 g/mol. The van der Waals surface area contributed by atoms with E-state index < -0.39 is 0 Å². The van der Waals surface area contributed by atoms with Crippen LogP contribution in [0.25, 0.3) is 0 Å². The zero-order valence-electron chi connectivity index (χ0n) is 11.8. The molecule has 1 aromatic carbocycles. The van der Waals surface area contributed by atoms with Crippen molar-refractivity contribution in [2.45, 2.75) is 25.9 Å². The molecule has 3 rings (SSSR count). The van der Waals surface area contributed by atoms with Gasteiger partial charge < -0.3 is 14.2 Å². The number of hydrogen-bond donors (Lipinski definition) is 0. The predicted molar refractivity (Wildman–Crippen MR) is 84.6 cm³/mol. The van der Waals surface area contributed by atoms with Gasteiger partial charge in [0.15, 0.2) is 11.5 Å². The minimum absolute atomic E-state index is 0.168. The number of carbonyl (C=O) groups is 1. The number of aryl methyl sites for hydroxylation is 1. The van der Waals surface area contributed by atoms with Crippen LogP contribution in [0.2, 0.25) is 5.02 Å². The third-order valence-electron chi connectivity index (χ3n) is 3.27. The van der Waals surface area contributed by atoms with Crippen molar-refractivity contribution in [1.29, 1.82) is 0 Å². The summed E-state index contributed by atoms with van der Waals surface area (Å²) in [7, 11) is 0. The summed E-state index contributed by atoms with van der Waals surface area (Å²) >= 11 is 7.79. The van der Waals surface area contributed by atoms with Gasteiger partial charge in [0, 0.05) is 11.3 Å². The molecule has 4 nitrogen and oxygen atoms in total. The van der Waals surface area contributed by atoms with Gasteiger partial charge in [-0.25, -0.2) is 0 Å². The van der Waals surface area contributed by atoms with Crippen molar-refractivity contribution < 1.29 is 19.0 Å². The molecule has 116 valence electrons. The number of carbonyl (C=O) groups excluding carboxylic acids is 1. The number of hydrogen-bond acceptors (Lipinski definition) is 5. The molecule has 0 spiro atoms. The largest absolute Gasteiger partial charge is 0.461 e. The Morgan fingerprint density at radius 2 is 2.27 bits per heavy atom. The van der Waals surface area contributed by atoms with E-state index in [1.165, 1.54) is 4.88 Å². The highest BCUT2D eigenvalue weighted by atomic mass is 35.5. The molecule has 0 bridgehead atoms. The van der Waals surface area contributed by atoms with Gasteiger partial charge in [-0.1, -0.05) is 17.7 Å². The lowest BCUT2D eigenvalue weighted by molar-refractivity contribution is -0.145. The first-order valence-electron chi connectivity index (χ1n) is 6.98. The van der Waals surface area contributed by atoms with Crippen molar-refractivity contribution in [3.63, 3.8) is 0 Å². The Morgan fingerprint density at radius 1 is 1.36 bits per heavy atom. The first-order chi connectivity index (χ1) is 10.7. The molecule has 0 fully saturated rings. The Bertz CT molecular complexity index is 654. The predicted octanol–water partition coefficient (Wildman–Crippen LogP) is 4.20. The van der Waals surface area contributed by atoms with Crippen LogP contribution < -0.4 is 9.47 Å². The summed E-state index contributed by atoms with van der Waals surface area (Å²) in [5, 5.41) is 2.51. The van der Waals surface area contributed by atoms with Gasteiger partial charge in [-0.3, -0.25) is 4.79 Å². The number of halogens is 1. The van der Waals surface area contributed by atoms with Crippen LogP contribution in [0.4, 0.5) is 0 Å². The Kier molecular flexibility index (Phi) is 4.85. The number of rotatable bonds is 6. The van der Waals surface area contributed by atoms with Crippen LogP contribution in [0.5, 0.6) is 11.5 Å². The van der Waals surface area contributed by atoms with E-state index >= 15 is 0 Å². The van der Waals surface area contributed by atoms with Crippen molar-refractivity contribution in [1.82, 2.24) is 0 Å². The van der Waals surface area contributed by atoms with E-state index in [1.807, 2.05) is 11.4 Å². The molecule has 1 aromatic heterocycles. The van der Waals surface area contributed by atoms with Crippen LogP contribution in [-0.2, 0) is 22.6 Å². The fourth-order valence-electron chi connectivity index (χ4n) is 2.20. The lowest BCUT2D eigenvalue weighted by Crippen LogP contribution is -2.05. The van der Waals surface area contributed by atoms with Crippen molar-refractivity contribution in [2.75, 3.05) is 6.79 Å². The van der Waals surface area contributed by atoms with Crippen molar-refractivity contribution in [3.8, 4) is 11.5 Å². The summed E-state index contributed by atoms with van der Waals surface area (Å²) in [6.07, 6.45) is 2.11. The number of fused-ring (bicyclic) bond motifs is 1. The van der Waals surface area contributed by atoms with E-state index in [4.69, 9.17) is 25.8 Å². The molecular formula is C16H15ClO4S. The molecule has 0 atom stereocenters. The lowest BCUT2D eigenvalue weighted by Gasteiger charge is -2.07. The monoisotopic (exact) mass is 338 g/mol. The van der Waals surface area contributed by atoms with E-state index in [1.54, 1.807) is 23.5 Å². The van der Waals surface area contributed by atoms with Crippen molar-refractivity contribution in [3.05, 3.63) is 45.1 Å². The Hall–Kier alpha value is -1.72. The van der Waals surface area contributed by atoms with E-state index in [0.29, 0.717) is 22.9 Å². The molecule has 0 N–H and O–H groups in total. The standard InChI is InChI=1S/C16H15ClO4S/c17-13-7-11(8-14-16(13)21-10-20-14)9-19-15(18)5-1-3-12-4-2-6-22-12/h2,4,6-8H,1,3,5,9-10H2. The first-order valence-corrected chi connectivity index (χ1v) is 8.24. The molecule has 22 heavy (non-hydrogen) atoms. The minimum atomic E-state index is -0.203. The van der Waals surface area contributed by atoms with E-state index in [0.717, 1.165) is 18.4 Å². The van der Waals surface area contributed by atoms with Gasteiger partial charge in [-0.15, -0.1) is 11.3 Å². The average Bonchev–Trinajstić information content (AvgIpc) is 3.16. The second kappa shape index (κ2) is 7.03. The third-order valence-corrected chi connectivity index (χ3v) is 4.49. The van der Waals surface area contributed by atoms with Crippen LogP contribution >= 0.6 is 22.9 Å². The van der Waals surface area contributed by atoms with Gasteiger partial charge in [0.1, 0.15) is 6.61 Å². The molecule has 0 saturated heterocycles. The topological polar surface area (TPSA) is 44.8 Å². The van der Waals surface area contributed by atoms with Crippen molar-refractivity contribution >= 4 is 28.9 Å². The third kappa shape index (κ3) is 3.72. The smallest absolute Gasteiger partial charge is 0.306 e. The van der Waals surface area contributed by atoms with Crippen LogP contribution in [-0.4, -0.2) is 12.8 Å². The molecule has 6 heteroatoms. The fraction of sp³-hybridized carbons (Fsp3) is 0.312. The maximum absolute atomic E-state index is 11.8. The van der Waals surface area contributed by atoms with Crippen LogP contribution in [0.15, 0.2) is 29.6 Å². The van der Waals surface area contributed by atoms with Gasteiger partial charge in [-0.05, 0) is 42.0 Å². The number of benzene rings is 1. The summed E-state index contributed by atoms with van der Waals surface area (Å²) in [5.74, 6) is 0.939. The molecule has 0 saturated carbocycles. The van der Waals surface area contributed by atoms with Crippen molar-refractivity contribution in [2.24, 2.45) is 0 Å². The first kappa shape index (κ1) is 15.2. The summed E-state index contributed by atoms with van der Waals surface area (Å²) in [6, 6.07) is 7.60. The van der Waals surface area contributed by atoms with Crippen LogP contribution in [0, 0.1) is 0 Å². The Labute approximate surface area is 137 Å². The molecule has 1 aliphatic rings. The highest BCUT2D eigenvalue weighted by molar-refractivity contribution is 7.09. The maximum Gasteiger partial charge on any atom is 0.306 e. The number of thiophene rings is 1. The summed E-state index contributed by atoms with van der Waals surface area (Å²) in [4.78, 5) is 13.0. The summed E-state index contributed by atoms with van der Waals surface area (Å²) in [6.45, 7) is 0.356. The normalized spacial score (nSPS) is 12.4. The second-order valence-electron chi connectivity index (χ2n) is 4.91. The van der Waals surface area contributed by atoms with Gasteiger partial charge in [0.25, 0.3) is 0 Å². The van der Waals surface area contributed by atoms with Crippen LogP contribution in [0.1, 0.15) is 23.3 Å². The zero-order chi connectivity index (χ0) is 15.4. The van der Waals surface area contributed by atoms with Gasteiger partial charge in [0.05, 0.1) is 5.02 Å². The zero-order valence-corrected chi connectivity index (χ0v) is 13.4. The van der Waals surface area contributed by atoms with Gasteiger partial charge >= 0.3 is 5.97 Å². The quantitative estimate of drug-likeness (QED) is 0.741. The maximum atomic E-state index is 11.8. The van der Waals surface area contributed by atoms with E-state index in [2.05, 4.69) is 6.07 Å². The molecule has 2 heterocycles. The summed E-state index contributed by atoms with van der Waals surface area (Å²) < 4.78 is 15.8. The number of esters is 1. The van der Waals surface area contributed by atoms with Gasteiger partial charge in [0.2, 0.25) is 6.79 Å². The van der Waals surface area contributed by atoms with Crippen LogP contribution in [0.3, 0.4) is 0 Å². The molecule has 1 aliphatic heterocycles. The number of ether oxygens (including phenoxy) is 3. The molecule has 0 radical (unpaired) electrons. The molecule has 2 aromatic rings. The van der Waals surface area contributed by atoms with E-state index in [-0.39, 0.29) is 19.4 Å². The Morgan fingerprint density at radius 3 is 3.09 bits per heavy atom. The summed E-state index contributed by atoms with van der Waals surface area (Å²) in [5.41, 5.74) is 0.792. The van der Waals surface area contributed by atoms with Gasteiger partial charge in [-0.2, -0.15) is 0 Å². The minimum Gasteiger partial charge on any atom is -0.461 e. The highest BCUT2D eigenvalue weighted by Gasteiger charge is 2.18. The fourth-order valence-corrected chi connectivity index (χ4v) is 3.24. The lowest BCUT2D eigenvalue weighted by atomic mass is 10.2. The molecule has 0 aliphatic carbocycles. The molecular weight excluding hydrogens is 324 g/mol. The second-order valence-corrected chi connectivity index (χ2v) is 6.34. The Balaban J connectivity index is 1.46.